The zero-order valence-electron chi connectivity index (χ0n) is 24.5. The van der Waals surface area contributed by atoms with Crippen LogP contribution in [0.25, 0.3) is 28.2 Å². The van der Waals surface area contributed by atoms with E-state index in [0.717, 1.165) is 42.7 Å². The smallest absolute Gasteiger partial charge is 0.245 e. The van der Waals surface area contributed by atoms with E-state index >= 15 is 0 Å². The fraction of sp³-hybridized carbons (Fsp3) is 0.312. The Morgan fingerprint density at radius 2 is 1.91 bits per heavy atom. The summed E-state index contributed by atoms with van der Waals surface area (Å²) in [7, 11) is 1.97. The van der Waals surface area contributed by atoms with Crippen LogP contribution in [-0.2, 0) is 17.6 Å². The number of alkyl halides is 2. The first-order valence-electron chi connectivity index (χ1n) is 14.7. The minimum atomic E-state index is -1.27. The summed E-state index contributed by atoms with van der Waals surface area (Å²) < 4.78 is 29.5. The number of fused-ring (bicyclic) bond motifs is 2. The fourth-order valence-electron chi connectivity index (χ4n) is 5.84. The van der Waals surface area contributed by atoms with Gasteiger partial charge in [-0.15, -0.1) is 0 Å². The molecular formula is C32H35F2N9O. The number of pyridine rings is 2. The number of carbonyl (C=O) groups is 1. The van der Waals surface area contributed by atoms with E-state index in [-0.39, 0.29) is 5.91 Å². The van der Waals surface area contributed by atoms with Crippen molar-refractivity contribution >= 4 is 28.7 Å². The average Bonchev–Trinajstić information content (AvgIpc) is 3.76. The number of benzene rings is 1. The second kappa shape index (κ2) is 12.5. The molecule has 0 saturated carbocycles. The second-order valence-corrected chi connectivity index (χ2v) is 11.0. The minimum absolute atomic E-state index is 0.0598. The lowest BCUT2D eigenvalue weighted by atomic mass is 10.1. The Labute approximate surface area is 254 Å². The lowest BCUT2D eigenvalue weighted by Gasteiger charge is -2.30. The van der Waals surface area contributed by atoms with Crippen LogP contribution in [0.1, 0.15) is 24.0 Å². The Bertz CT molecular complexity index is 1710. The van der Waals surface area contributed by atoms with Crippen LogP contribution in [0.5, 0.6) is 0 Å². The van der Waals surface area contributed by atoms with Gasteiger partial charge in [0.1, 0.15) is 23.3 Å². The van der Waals surface area contributed by atoms with E-state index in [9.17, 15) is 13.6 Å². The lowest BCUT2D eigenvalue weighted by Crippen LogP contribution is -2.43. The first-order chi connectivity index (χ1) is 21.3. The Hall–Kier alpha value is -4.68. The van der Waals surface area contributed by atoms with Gasteiger partial charge in [-0.3, -0.25) is 14.4 Å². The van der Waals surface area contributed by atoms with Crippen LogP contribution >= 0.6 is 0 Å². The molecule has 1 fully saturated rings. The third-order valence-electron chi connectivity index (χ3n) is 8.20. The minimum Gasteiger partial charge on any atom is -0.383 e. The Balaban J connectivity index is 0.000000242. The zero-order valence-corrected chi connectivity index (χ0v) is 24.5. The van der Waals surface area contributed by atoms with Gasteiger partial charge in [0.25, 0.3) is 0 Å². The molecule has 0 radical (unpaired) electrons. The second-order valence-electron chi connectivity index (χ2n) is 11.0. The summed E-state index contributed by atoms with van der Waals surface area (Å²) in [6.07, 6.45) is 6.80. The van der Waals surface area contributed by atoms with Crippen LogP contribution in [0, 0.1) is 0 Å². The highest BCUT2D eigenvalue weighted by Gasteiger charge is 2.25. The number of rotatable bonds is 5. The van der Waals surface area contributed by atoms with Crippen LogP contribution in [-0.4, -0.2) is 69.0 Å². The highest BCUT2D eigenvalue weighted by Crippen LogP contribution is 2.34. The van der Waals surface area contributed by atoms with Gasteiger partial charge < -0.3 is 16.0 Å². The van der Waals surface area contributed by atoms with E-state index in [0.29, 0.717) is 53.1 Å². The first kappa shape index (κ1) is 29.4. The van der Waals surface area contributed by atoms with Crippen molar-refractivity contribution < 1.29 is 13.6 Å². The molecule has 2 unspecified atom stereocenters. The molecule has 2 aliphatic heterocycles. The van der Waals surface area contributed by atoms with E-state index in [1.54, 1.807) is 24.5 Å². The van der Waals surface area contributed by atoms with E-state index in [1.165, 1.54) is 17.2 Å². The van der Waals surface area contributed by atoms with Gasteiger partial charge in [0, 0.05) is 50.1 Å². The molecular weight excluding hydrogens is 564 g/mol. The molecule has 12 heteroatoms. The summed E-state index contributed by atoms with van der Waals surface area (Å²) >= 11 is 0. The monoisotopic (exact) mass is 599 g/mol. The molecule has 7 rings (SSSR count). The molecule has 1 aliphatic carbocycles. The number of aromatic nitrogens is 4. The first-order valence-corrected chi connectivity index (χ1v) is 14.7. The zero-order chi connectivity index (χ0) is 30.8. The normalized spacial score (nSPS) is 19.6. The third kappa shape index (κ3) is 5.90. The van der Waals surface area contributed by atoms with E-state index < -0.39 is 12.5 Å². The van der Waals surface area contributed by atoms with Gasteiger partial charge in [-0.2, -0.15) is 5.43 Å². The SMILES string of the molecule is C=CC(=O)N1CCC(NC)CC1.Nc1ncccc1-c1nc2ccc(N3C=CC(F)N3)nc2n1-c1ccc2c(c1)CC(F)C2. The number of nitrogens with zero attached hydrogens (tertiary/aromatic N) is 6. The Kier molecular flexibility index (Phi) is 8.36. The molecule has 3 aromatic heterocycles. The van der Waals surface area contributed by atoms with Crippen molar-refractivity contribution in [2.24, 2.45) is 0 Å². The van der Waals surface area contributed by atoms with Crippen molar-refractivity contribution in [1.82, 2.24) is 35.2 Å². The molecule has 228 valence electrons. The van der Waals surface area contributed by atoms with Crippen molar-refractivity contribution in [3.8, 4) is 17.1 Å². The number of hydrogen-bond donors (Lipinski definition) is 3. The van der Waals surface area contributed by atoms with Gasteiger partial charge in [-0.1, -0.05) is 12.6 Å². The molecule has 1 amide bonds. The van der Waals surface area contributed by atoms with Crippen LogP contribution < -0.4 is 21.5 Å². The van der Waals surface area contributed by atoms with E-state index in [2.05, 4.69) is 22.3 Å². The predicted molar refractivity (Wildman–Crippen MR) is 167 cm³/mol. The lowest BCUT2D eigenvalue weighted by molar-refractivity contribution is -0.127. The summed E-state index contributed by atoms with van der Waals surface area (Å²) in [5.41, 5.74) is 13.5. The molecule has 1 aromatic carbocycles. The molecule has 0 spiro atoms. The number of hydrazine groups is 1. The molecule has 4 aromatic rings. The molecule has 0 bridgehead atoms. The number of nitrogen functional groups attached to an aromatic ring is 1. The molecule has 44 heavy (non-hydrogen) atoms. The van der Waals surface area contributed by atoms with Crippen LogP contribution in [0.15, 0.2) is 73.6 Å². The van der Waals surface area contributed by atoms with Gasteiger partial charge in [0.05, 0.1) is 5.56 Å². The molecule has 5 heterocycles. The summed E-state index contributed by atoms with van der Waals surface area (Å²) in [4.78, 5) is 26.7. The number of piperidine rings is 1. The fourth-order valence-corrected chi connectivity index (χ4v) is 5.84. The van der Waals surface area contributed by atoms with Gasteiger partial charge in [-0.05, 0) is 79.6 Å². The van der Waals surface area contributed by atoms with Crippen molar-refractivity contribution in [2.75, 3.05) is 30.9 Å². The molecule has 10 nitrogen and oxygen atoms in total. The molecule has 4 N–H and O–H groups in total. The van der Waals surface area contributed by atoms with E-state index in [4.69, 9.17) is 15.7 Å². The highest BCUT2D eigenvalue weighted by molar-refractivity contribution is 5.87. The third-order valence-corrected chi connectivity index (χ3v) is 8.20. The number of anilines is 2. The number of nitrogens with two attached hydrogens (primary N) is 1. The van der Waals surface area contributed by atoms with Crippen LogP contribution in [0.2, 0.25) is 0 Å². The van der Waals surface area contributed by atoms with Crippen molar-refractivity contribution in [3.05, 3.63) is 84.7 Å². The van der Waals surface area contributed by atoms with Gasteiger partial charge >= 0.3 is 0 Å². The number of imidazole rings is 1. The van der Waals surface area contributed by atoms with Gasteiger partial charge in [0.2, 0.25) is 5.91 Å². The maximum Gasteiger partial charge on any atom is 0.245 e. The van der Waals surface area contributed by atoms with Crippen LogP contribution in [0.4, 0.5) is 20.4 Å². The van der Waals surface area contributed by atoms with Crippen molar-refractivity contribution in [1.29, 1.82) is 0 Å². The average molecular weight is 600 g/mol. The number of carbonyl (C=O) groups excluding carboxylic acids is 1. The standard InChI is InChI=1S/C23H19F2N7.C9H16N2O/c24-15-10-13-3-4-16(12-14(13)11-15)32-22(17-2-1-8-27-21(17)26)28-18-5-6-20(29-23(18)32)31-9-7-19(25)30-31;1-3-9(12)11-6-4-8(10-2)5-7-11/h1-9,12,15,19,30H,10-11H2,(H2,26,27);3,8,10H,1,4-7H2,2H3. The summed E-state index contributed by atoms with van der Waals surface area (Å²) in [6.45, 7) is 5.18. The van der Waals surface area contributed by atoms with Gasteiger partial charge in [-0.25, -0.2) is 23.7 Å². The topological polar surface area (TPSA) is 117 Å². The highest BCUT2D eigenvalue weighted by atomic mass is 19.1. The van der Waals surface area contributed by atoms with E-state index in [1.807, 2.05) is 46.8 Å². The quantitative estimate of drug-likeness (QED) is 0.233. The predicted octanol–water partition coefficient (Wildman–Crippen LogP) is 4.02. The maximum atomic E-state index is 14.0. The van der Waals surface area contributed by atoms with Crippen molar-refractivity contribution in [3.63, 3.8) is 0 Å². The Morgan fingerprint density at radius 1 is 1.11 bits per heavy atom. The number of likely N-dealkylation sites (tertiary alicyclic amines) is 1. The van der Waals surface area contributed by atoms with Gasteiger partial charge in [0.15, 0.2) is 17.8 Å². The van der Waals surface area contributed by atoms with Crippen LogP contribution in [0.3, 0.4) is 0 Å². The summed E-state index contributed by atoms with van der Waals surface area (Å²) in [5, 5.41) is 4.74. The number of nitrogens with one attached hydrogen (secondary N) is 2. The largest absolute Gasteiger partial charge is 0.383 e. The maximum absolute atomic E-state index is 14.0. The molecule has 1 saturated heterocycles. The number of hydrogen-bond acceptors (Lipinski definition) is 8. The van der Waals surface area contributed by atoms with Crippen molar-refractivity contribution in [2.45, 2.75) is 44.2 Å². The number of amides is 1. The summed E-state index contributed by atoms with van der Waals surface area (Å²) in [5.74, 6) is 1.51. The molecule has 2 atom stereocenters. The summed E-state index contributed by atoms with van der Waals surface area (Å²) in [6, 6.07) is 13.7. The number of halogens is 2. The molecule has 3 aliphatic rings. The Morgan fingerprint density at radius 3 is 2.61 bits per heavy atom.